The molecule has 1 saturated heterocycles. The Labute approximate surface area is 154 Å². The standard InChI is InChI=1S/C21H28O5/c1-12-10-21(25-13(2)14(3)26-21)17-11-19(17,4)20(12,24)8-7-16(9-18(22)23)15-5-6-15/h7-10,13-15,17,24H,5-6,11H2,1-4H3,(H,22,23)/b8-7+,16-9+. The summed E-state index contributed by atoms with van der Waals surface area (Å²) in [6.45, 7) is 8.01. The average Bonchev–Trinajstić information content (AvgIpc) is 3.44. The van der Waals surface area contributed by atoms with Crippen LogP contribution in [-0.4, -0.2) is 39.8 Å². The number of ether oxygens (including phenoxy) is 2. The summed E-state index contributed by atoms with van der Waals surface area (Å²) in [5.41, 5.74) is 0.105. The summed E-state index contributed by atoms with van der Waals surface area (Å²) < 4.78 is 12.4. The van der Waals surface area contributed by atoms with E-state index in [1.807, 2.05) is 32.9 Å². The van der Waals surface area contributed by atoms with Gasteiger partial charge in [0.25, 0.3) is 0 Å². The maximum absolute atomic E-state index is 11.5. The summed E-state index contributed by atoms with van der Waals surface area (Å²) in [5, 5.41) is 20.6. The molecule has 5 unspecified atom stereocenters. The summed E-state index contributed by atoms with van der Waals surface area (Å²) in [7, 11) is 0. The lowest BCUT2D eigenvalue weighted by molar-refractivity contribution is -0.171. The van der Waals surface area contributed by atoms with Crippen LogP contribution in [0.5, 0.6) is 0 Å². The number of carboxylic acids is 1. The lowest BCUT2D eigenvalue weighted by Gasteiger charge is -2.42. The number of carboxylic acid groups (broad SMARTS) is 1. The summed E-state index contributed by atoms with van der Waals surface area (Å²) in [4.78, 5) is 11.1. The van der Waals surface area contributed by atoms with Gasteiger partial charge in [-0.25, -0.2) is 4.79 Å². The Kier molecular flexibility index (Phi) is 3.82. The molecule has 2 N–H and O–H groups in total. The van der Waals surface area contributed by atoms with E-state index in [0.29, 0.717) is 5.92 Å². The van der Waals surface area contributed by atoms with Gasteiger partial charge in [0.2, 0.25) is 0 Å². The van der Waals surface area contributed by atoms with E-state index < -0.39 is 17.4 Å². The van der Waals surface area contributed by atoms with Crippen LogP contribution in [0.2, 0.25) is 0 Å². The zero-order chi connectivity index (χ0) is 18.9. The van der Waals surface area contributed by atoms with E-state index in [1.54, 1.807) is 6.08 Å². The Morgan fingerprint density at radius 3 is 2.42 bits per heavy atom. The van der Waals surface area contributed by atoms with Crippen LogP contribution in [0.4, 0.5) is 0 Å². The fraction of sp³-hybridized carbons (Fsp3) is 0.667. The summed E-state index contributed by atoms with van der Waals surface area (Å²) >= 11 is 0. The molecule has 3 aliphatic carbocycles. The van der Waals surface area contributed by atoms with E-state index in [9.17, 15) is 9.90 Å². The first kappa shape index (κ1) is 18.0. The van der Waals surface area contributed by atoms with Gasteiger partial charge in [-0.2, -0.15) is 0 Å². The first-order valence-corrected chi connectivity index (χ1v) is 9.53. The topological polar surface area (TPSA) is 76.0 Å². The molecule has 0 aromatic heterocycles. The van der Waals surface area contributed by atoms with E-state index >= 15 is 0 Å². The predicted molar refractivity (Wildman–Crippen MR) is 96.3 cm³/mol. The van der Waals surface area contributed by atoms with Gasteiger partial charge >= 0.3 is 5.97 Å². The van der Waals surface area contributed by atoms with Crippen LogP contribution in [0.15, 0.2) is 35.5 Å². The highest BCUT2D eigenvalue weighted by Gasteiger charge is 2.74. The van der Waals surface area contributed by atoms with Gasteiger partial charge in [-0.1, -0.05) is 13.0 Å². The Balaban J connectivity index is 1.67. The van der Waals surface area contributed by atoms with Gasteiger partial charge in [0.15, 0.2) is 5.79 Å². The monoisotopic (exact) mass is 360 g/mol. The molecule has 5 heteroatoms. The number of carbonyl (C=O) groups is 1. The van der Waals surface area contributed by atoms with Crippen LogP contribution in [0.25, 0.3) is 0 Å². The SMILES string of the molecule is CC1=CC2(OC(C)C(C)O2)C2CC2(C)C1(O)/C=C/C(=C\C(=O)O)C1CC1. The van der Waals surface area contributed by atoms with Crippen molar-refractivity contribution in [3.63, 3.8) is 0 Å². The fourth-order valence-corrected chi connectivity index (χ4v) is 4.77. The van der Waals surface area contributed by atoms with Gasteiger partial charge in [0.05, 0.1) is 12.2 Å². The highest BCUT2D eigenvalue weighted by Crippen LogP contribution is 2.70. The Bertz CT molecular complexity index is 721. The minimum Gasteiger partial charge on any atom is -0.478 e. The molecule has 1 aliphatic heterocycles. The molecule has 0 radical (unpaired) electrons. The minimum atomic E-state index is -1.11. The van der Waals surface area contributed by atoms with E-state index in [1.165, 1.54) is 6.08 Å². The van der Waals surface area contributed by atoms with E-state index in [-0.39, 0.29) is 23.5 Å². The van der Waals surface area contributed by atoms with Crippen molar-refractivity contribution in [1.29, 1.82) is 0 Å². The first-order chi connectivity index (χ1) is 12.1. The molecule has 0 amide bonds. The Morgan fingerprint density at radius 1 is 1.27 bits per heavy atom. The van der Waals surface area contributed by atoms with Gasteiger partial charge in [-0.05, 0) is 69.2 Å². The quantitative estimate of drug-likeness (QED) is 0.457. The fourth-order valence-electron chi connectivity index (χ4n) is 4.77. The van der Waals surface area contributed by atoms with Crippen LogP contribution in [0.1, 0.15) is 47.0 Å². The predicted octanol–water partition coefficient (Wildman–Crippen LogP) is 3.20. The van der Waals surface area contributed by atoms with Crippen LogP contribution in [0.3, 0.4) is 0 Å². The van der Waals surface area contributed by atoms with Crippen molar-refractivity contribution in [3.8, 4) is 0 Å². The number of hydrogen-bond donors (Lipinski definition) is 2. The largest absolute Gasteiger partial charge is 0.478 e. The van der Waals surface area contributed by atoms with Crippen molar-refractivity contribution >= 4 is 5.97 Å². The second kappa shape index (κ2) is 5.54. The van der Waals surface area contributed by atoms with E-state index in [0.717, 1.165) is 30.4 Å². The van der Waals surface area contributed by atoms with Crippen molar-refractivity contribution in [2.45, 2.75) is 70.6 Å². The molecule has 5 nitrogen and oxygen atoms in total. The van der Waals surface area contributed by atoms with Gasteiger partial charge in [-0.3, -0.25) is 0 Å². The van der Waals surface area contributed by atoms with Crippen LogP contribution >= 0.6 is 0 Å². The molecule has 1 heterocycles. The third-order valence-electron chi connectivity index (χ3n) is 6.87. The van der Waals surface area contributed by atoms with Crippen molar-refractivity contribution in [3.05, 3.63) is 35.5 Å². The number of aliphatic carboxylic acids is 1. The normalized spacial score (nSPS) is 48.0. The number of aliphatic hydroxyl groups is 1. The Hall–Kier alpha value is -1.43. The molecule has 4 aliphatic rings. The molecule has 0 bridgehead atoms. The molecular weight excluding hydrogens is 332 g/mol. The molecule has 5 atom stereocenters. The zero-order valence-electron chi connectivity index (χ0n) is 15.9. The Morgan fingerprint density at radius 2 is 1.88 bits per heavy atom. The minimum absolute atomic E-state index is 0.0191. The van der Waals surface area contributed by atoms with E-state index in [2.05, 4.69) is 6.92 Å². The molecule has 142 valence electrons. The number of rotatable bonds is 4. The van der Waals surface area contributed by atoms with Crippen molar-refractivity contribution in [2.75, 3.05) is 0 Å². The van der Waals surface area contributed by atoms with Gasteiger partial charge in [0.1, 0.15) is 5.60 Å². The van der Waals surface area contributed by atoms with Crippen LogP contribution < -0.4 is 0 Å². The van der Waals surface area contributed by atoms with E-state index in [4.69, 9.17) is 14.6 Å². The molecule has 0 aromatic rings. The van der Waals surface area contributed by atoms with Crippen molar-refractivity contribution in [1.82, 2.24) is 0 Å². The third kappa shape index (κ3) is 2.52. The maximum atomic E-state index is 11.5. The summed E-state index contributed by atoms with van der Waals surface area (Å²) in [6.07, 6.45) is 9.67. The molecule has 3 fully saturated rings. The lowest BCUT2D eigenvalue weighted by Crippen LogP contribution is -2.48. The molecule has 0 aromatic carbocycles. The number of fused-ring (bicyclic) bond motifs is 2. The molecule has 2 saturated carbocycles. The number of allylic oxidation sites excluding steroid dienone is 2. The highest BCUT2D eigenvalue weighted by atomic mass is 16.8. The lowest BCUT2D eigenvalue weighted by atomic mass is 9.72. The second-order valence-electron chi connectivity index (χ2n) is 8.73. The second-order valence-corrected chi connectivity index (χ2v) is 8.73. The van der Waals surface area contributed by atoms with Crippen molar-refractivity contribution in [2.24, 2.45) is 17.3 Å². The molecule has 4 rings (SSSR count). The van der Waals surface area contributed by atoms with Crippen LogP contribution in [-0.2, 0) is 14.3 Å². The van der Waals surface area contributed by atoms with Crippen molar-refractivity contribution < 1.29 is 24.5 Å². The molecule has 1 spiro atoms. The molecular formula is C21H28O5. The highest BCUT2D eigenvalue weighted by molar-refractivity contribution is 5.81. The molecule has 26 heavy (non-hydrogen) atoms. The van der Waals surface area contributed by atoms with Gasteiger partial charge in [0, 0.05) is 17.4 Å². The van der Waals surface area contributed by atoms with Crippen LogP contribution in [0, 0.1) is 17.3 Å². The van der Waals surface area contributed by atoms with Gasteiger partial charge in [-0.15, -0.1) is 0 Å². The summed E-state index contributed by atoms with van der Waals surface area (Å²) in [6, 6.07) is 0. The zero-order valence-corrected chi connectivity index (χ0v) is 15.9. The van der Waals surface area contributed by atoms with Gasteiger partial charge < -0.3 is 19.7 Å². The first-order valence-electron chi connectivity index (χ1n) is 9.53. The number of hydrogen-bond acceptors (Lipinski definition) is 4. The average molecular weight is 360 g/mol. The smallest absolute Gasteiger partial charge is 0.328 e. The third-order valence-corrected chi connectivity index (χ3v) is 6.87. The summed E-state index contributed by atoms with van der Waals surface area (Å²) in [5.74, 6) is -1.29. The maximum Gasteiger partial charge on any atom is 0.328 e.